The number of rotatable bonds is 4. The molecule has 0 spiro atoms. The van der Waals surface area contributed by atoms with Gasteiger partial charge in [-0.15, -0.1) is 0 Å². The van der Waals surface area contributed by atoms with Gasteiger partial charge in [-0.25, -0.2) is 0 Å². The molecule has 94 valence electrons. The summed E-state index contributed by atoms with van der Waals surface area (Å²) in [5.74, 6) is 0. The minimum atomic E-state index is 0.202. The minimum absolute atomic E-state index is 0.202. The van der Waals surface area contributed by atoms with Gasteiger partial charge in [0.2, 0.25) is 0 Å². The number of para-hydroxylation sites is 1. The second-order valence-corrected chi connectivity index (χ2v) is 4.58. The smallest absolute Gasteiger partial charge is 0.0471 e. The van der Waals surface area contributed by atoms with E-state index in [9.17, 15) is 0 Å². The number of nitrogens with zero attached hydrogens (tertiary/aromatic N) is 1. The zero-order chi connectivity index (χ0) is 13.0. The first-order valence-electron chi connectivity index (χ1n) is 6.19. The van der Waals surface area contributed by atoms with Gasteiger partial charge in [0.1, 0.15) is 0 Å². The quantitative estimate of drug-likeness (QED) is 0.889. The van der Waals surface area contributed by atoms with Gasteiger partial charge in [-0.2, -0.15) is 0 Å². The molecule has 0 saturated heterocycles. The van der Waals surface area contributed by atoms with Crippen molar-refractivity contribution in [2.75, 3.05) is 25.6 Å². The second kappa shape index (κ2) is 5.69. The van der Waals surface area contributed by atoms with E-state index in [1.54, 1.807) is 0 Å². The third-order valence-corrected chi connectivity index (χ3v) is 3.05. The van der Waals surface area contributed by atoms with Gasteiger partial charge in [0.05, 0.1) is 0 Å². The monoisotopic (exact) mass is 241 g/mol. The molecule has 0 radical (unpaired) electrons. The van der Waals surface area contributed by atoms with Gasteiger partial charge in [0.15, 0.2) is 0 Å². The van der Waals surface area contributed by atoms with Gasteiger partial charge >= 0.3 is 0 Å². The molecule has 0 aliphatic carbocycles. The Morgan fingerprint density at radius 2 is 1.61 bits per heavy atom. The normalized spacial score (nSPS) is 10.4. The average Bonchev–Trinajstić information content (AvgIpc) is 2.40. The Balaban J connectivity index is 2.36. The summed E-state index contributed by atoms with van der Waals surface area (Å²) in [5.41, 5.74) is 4.83. The van der Waals surface area contributed by atoms with Crippen LogP contribution in [0.1, 0.15) is 5.56 Å². The van der Waals surface area contributed by atoms with Crippen LogP contribution in [0.25, 0.3) is 11.1 Å². The molecule has 0 aromatic heterocycles. The molecule has 2 aromatic carbocycles. The molecule has 0 saturated carbocycles. The predicted octanol–water partition coefficient (Wildman–Crippen LogP) is 2.95. The highest BCUT2D eigenvalue weighted by Crippen LogP contribution is 2.29. The van der Waals surface area contributed by atoms with Crippen molar-refractivity contribution in [3.05, 3.63) is 54.1 Å². The summed E-state index contributed by atoms with van der Waals surface area (Å²) < 4.78 is 0. The second-order valence-electron chi connectivity index (χ2n) is 4.58. The van der Waals surface area contributed by atoms with Crippen molar-refractivity contribution in [2.45, 2.75) is 6.42 Å². The molecule has 1 N–H and O–H groups in total. The van der Waals surface area contributed by atoms with E-state index in [0.717, 1.165) is 6.42 Å². The minimum Gasteiger partial charge on any atom is -0.396 e. The zero-order valence-electron chi connectivity index (χ0n) is 10.9. The van der Waals surface area contributed by atoms with Gasteiger partial charge in [0.25, 0.3) is 0 Å². The van der Waals surface area contributed by atoms with Crippen molar-refractivity contribution in [3.8, 4) is 11.1 Å². The van der Waals surface area contributed by atoms with Crippen LogP contribution in [0.5, 0.6) is 0 Å². The van der Waals surface area contributed by atoms with Crippen LogP contribution in [0.3, 0.4) is 0 Å². The van der Waals surface area contributed by atoms with Crippen molar-refractivity contribution >= 4 is 5.69 Å². The average molecular weight is 241 g/mol. The lowest BCUT2D eigenvalue weighted by molar-refractivity contribution is 0.299. The summed E-state index contributed by atoms with van der Waals surface area (Å²) in [4.78, 5) is 2.12. The molecule has 0 bridgehead atoms. The summed E-state index contributed by atoms with van der Waals surface area (Å²) >= 11 is 0. The molecule has 0 unspecified atom stereocenters. The maximum Gasteiger partial charge on any atom is 0.0471 e. The number of hydrogen-bond donors (Lipinski definition) is 1. The van der Waals surface area contributed by atoms with Crippen molar-refractivity contribution in [3.63, 3.8) is 0 Å². The van der Waals surface area contributed by atoms with Crippen LogP contribution in [0.2, 0.25) is 0 Å². The Bertz CT molecular complexity index is 503. The standard InChI is InChI=1S/C16H19NO/c1-17(2)16-6-4-3-5-15(16)14-9-7-13(8-10-14)11-12-18/h3-10,18H,11-12H2,1-2H3. The first kappa shape index (κ1) is 12.7. The Labute approximate surface area is 109 Å². The molecule has 2 heteroatoms. The number of benzene rings is 2. The number of aliphatic hydroxyl groups is 1. The summed E-state index contributed by atoms with van der Waals surface area (Å²) in [6, 6.07) is 16.8. The summed E-state index contributed by atoms with van der Waals surface area (Å²) in [7, 11) is 4.11. The lowest BCUT2D eigenvalue weighted by Crippen LogP contribution is -2.09. The number of hydrogen-bond acceptors (Lipinski definition) is 2. The summed E-state index contributed by atoms with van der Waals surface area (Å²) in [6.45, 7) is 0.202. The molecule has 0 atom stereocenters. The van der Waals surface area contributed by atoms with Gasteiger partial charge in [-0.05, 0) is 23.6 Å². The van der Waals surface area contributed by atoms with Crippen molar-refractivity contribution in [1.82, 2.24) is 0 Å². The summed E-state index contributed by atoms with van der Waals surface area (Å²) in [5, 5.41) is 8.92. The molecule has 0 amide bonds. The largest absolute Gasteiger partial charge is 0.396 e. The van der Waals surface area contributed by atoms with E-state index in [0.29, 0.717) is 0 Å². The van der Waals surface area contributed by atoms with Crippen LogP contribution in [-0.2, 0) is 6.42 Å². The van der Waals surface area contributed by atoms with Crippen molar-refractivity contribution in [1.29, 1.82) is 0 Å². The van der Waals surface area contributed by atoms with Gasteiger partial charge in [0, 0.05) is 32.0 Å². The van der Waals surface area contributed by atoms with Gasteiger partial charge in [-0.1, -0.05) is 42.5 Å². The van der Waals surface area contributed by atoms with E-state index in [1.807, 2.05) is 0 Å². The van der Waals surface area contributed by atoms with E-state index in [4.69, 9.17) is 5.11 Å². The van der Waals surface area contributed by atoms with Gasteiger partial charge in [-0.3, -0.25) is 0 Å². The Morgan fingerprint density at radius 3 is 2.22 bits per heavy atom. The van der Waals surface area contributed by atoms with Crippen LogP contribution < -0.4 is 4.90 Å². The molecule has 2 nitrogen and oxygen atoms in total. The summed E-state index contributed by atoms with van der Waals surface area (Å²) in [6.07, 6.45) is 0.718. The molecule has 0 aliphatic rings. The fraction of sp³-hybridized carbons (Fsp3) is 0.250. The van der Waals surface area contributed by atoms with E-state index in [1.165, 1.54) is 22.4 Å². The molecule has 0 fully saturated rings. The van der Waals surface area contributed by atoms with Crippen LogP contribution in [0, 0.1) is 0 Å². The highest BCUT2D eigenvalue weighted by molar-refractivity contribution is 5.78. The highest BCUT2D eigenvalue weighted by Gasteiger charge is 2.05. The van der Waals surface area contributed by atoms with Gasteiger partial charge < -0.3 is 10.0 Å². The van der Waals surface area contributed by atoms with Crippen LogP contribution in [-0.4, -0.2) is 25.8 Å². The molecular weight excluding hydrogens is 222 g/mol. The molecule has 0 heterocycles. The van der Waals surface area contributed by atoms with Crippen LogP contribution in [0.15, 0.2) is 48.5 Å². The molecular formula is C16H19NO. The van der Waals surface area contributed by atoms with E-state index < -0.39 is 0 Å². The highest BCUT2D eigenvalue weighted by atomic mass is 16.2. The third-order valence-electron chi connectivity index (χ3n) is 3.05. The molecule has 0 aliphatic heterocycles. The van der Waals surface area contributed by atoms with Crippen LogP contribution in [0.4, 0.5) is 5.69 Å². The fourth-order valence-electron chi connectivity index (χ4n) is 2.09. The Morgan fingerprint density at radius 1 is 0.944 bits per heavy atom. The fourth-order valence-corrected chi connectivity index (χ4v) is 2.09. The SMILES string of the molecule is CN(C)c1ccccc1-c1ccc(CCO)cc1. The van der Waals surface area contributed by atoms with E-state index in [-0.39, 0.29) is 6.61 Å². The molecule has 2 aromatic rings. The van der Waals surface area contributed by atoms with Crippen LogP contribution >= 0.6 is 0 Å². The first-order valence-corrected chi connectivity index (χ1v) is 6.19. The number of aliphatic hydroxyl groups excluding tert-OH is 1. The Kier molecular flexibility index (Phi) is 4.00. The first-order chi connectivity index (χ1) is 8.72. The molecule has 18 heavy (non-hydrogen) atoms. The lowest BCUT2D eigenvalue weighted by atomic mass is 10.0. The lowest BCUT2D eigenvalue weighted by Gasteiger charge is -2.17. The third kappa shape index (κ3) is 2.71. The Hall–Kier alpha value is -1.80. The predicted molar refractivity (Wildman–Crippen MR) is 77.0 cm³/mol. The van der Waals surface area contributed by atoms with E-state index in [2.05, 4.69) is 67.5 Å². The maximum atomic E-state index is 8.92. The topological polar surface area (TPSA) is 23.5 Å². The zero-order valence-corrected chi connectivity index (χ0v) is 10.9. The molecule has 2 rings (SSSR count). The van der Waals surface area contributed by atoms with Crippen molar-refractivity contribution in [2.24, 2.45) is 0 Å². The van der Waals surface area contributed by atoms with Crippen molar-refractivity contribution < 1.29 is 5.11 Å². The van der Waals surface area contributed by atoms with E-state index >= 15 is 0 Å². The number of anilines is 1. The maximum absolute atomic E-state index is 8.92.